The minimum Gasteiger partial charge on any atom is -0.348 e. The number of hydrogen-bond acceptors (Lipinski definition) is 3. The maximum atomic E-state index is 11.9. The van der Waals surface area contributed by atoms with E-state index < -0.39 is 10.0 Å². The van der Waals surface area contributed by atoms with Crippen molar-refractivity contribution in [2.24, 2.45) is 0 Å². The molecule has 0 aliphatic heterocycles. The quantitative estimate of drug-likeness (QED) is 0.789. The molecule has 1 amide bonds. The Morgan fingerprint density at radius 3 is 2.38 bits per heavy atom. The number of aryl methyl sites for hydroxylation is 1. The molecule has 2 N–H and O–H groups in total. The summed E-state index contributed by atoms with van der Waals surface area (Å²) >= 11 is 0. The van der Waals surface area contributed by atoms with Gasteiger partial charge in [-0.1, -0.05) is 36.4 Å². The Labute approximate surface area is 142 Å². The fraction of sp³-hybridized carbons (Fsp3) is 0.167. The van der Waals surface area contributed by atoms with Crippen LogP contribution in [-0.4, -0.2) is 21.4 Å². The molecule has 2 aromatic carbocycles. The summed E-state index contributed by atoms with van der Waals surface area (Å²) in [4.78, 5) is 12.1. The standard InChI is InChI=1S/C18H20N2O3S/c1-14-5-3-4-6-16(14)13-20-18(21)12-9-15-7-10-17(11-8-15)24(22,23)19-2/h3-12,19H,13H2,1-2H3,(H,20,21)/b12-9+. The van der Waals surface area contributed by atoms with Crippen LogP contribution in [0.3, 0.4) is 0 Å². The van der Waals surface area contributed by atoms with Crippen LogP contribution in [-0.2, 0) is 21.4 Å². The SMILES string of the molecule is CNS(=O)(=O)c1ccc(/C=C/C(=O)NCc2ccccc2C)cc1. The molecule has 0 aliphatic rings. The van der Waals surface area contributed by atoms with Crippen LogP contribution < -0.4 is 10.0 Å². The van der Waals surface area contributed by atoms with Gasteiger partial charge >= 0.3 is 0 Å². The van der Waals surface area contributed by atoms with Crippen molar-refractivity contribution < 1.29 is 13.2 Å². The third-order valence-corrected chi connectivity index (χ3v) is 5.03. The summed E-state index contributed by atoms with van der Waals surface area (Å²) in [6, 6.07) is 14.2. The molecular weight excluding hydrogens is 324 g/mol. The third-order valence-electron chi connectivity index (χ3n) is 3.60. The largest absolute Gasteiger partial charge is 0.348 e. The van der Waals surface area contributed by atoms with Gasteiger partial charge in [0.25, 0.3) is 0 Å². The fourth-order valence-corrected chi connectivity index (χ4v) is 2.83. The number of sulfonamides is 1. The highest BCUT2D eigenvalue weighted by molar-refractivity contribution is 7.89. The van der Waals surface area contributed by atoms with Crippen molar-refractivity contribution in [2.45, 2.75) is 18.4 Å². The van der Waals surface area contributed by atoms with Crippen molar-refractivity contribution in [1.29, 1.82) is 0 Å². The molecule has 0 atom stereocenters. The number of hydrogen-bond donors (Lipinski definition) is 2. The number of rotatable bonds is 6. The first-order valence-electron chi connectivity index (χ1n) is 7.46. The molecule has 5 nitrogen and oxygen atoms in total. The van der Waals surface area contributed by atoms with E-state index in [-0.39, 0.29) is 10.8 Å². The van der Waals surface area contributed by atoms with Gasteiger partial charge < -0.3 is 5.32 Å². The second kappa shape index (κ2) is 7.90. The van der Waals surface area contributed by atoms with E-state index in [9.17, 15) is 13.2 Å². The molecule has 0 aromatic heterocycles. The van der Waals surface area contributed by atoms with E-state index in [1.54, 1.807) is 18.2 Å². The fourth-order valence-electron chi connectivity index (χ4n) is 2.10. The molecule has 2 aromatic rings. The van der Waals surface area contributed by atoms with Gasteiger partial charge in [-0.2, -0.15) is 0 Å². The molecule has 126 valence electrons. The zero-order valence-corrected chi connectivity index (χ0v) is 14.4. The highest BCUT2D eigenvalue weighted by atomic mass is 32.2. The van der Waals surface area contributed by atoms with Crippen LogP contribution in [0.2, 0.25) is 0 Å². The minimum absolute atomic E-state index is 0.186. The number of benzene rings is 2. The molecule has 2 rings (SSSR count). The molecule has 24 heavy (non-hydrogen) atoms. The van der Waals surface area contributed by atoms with Gasteiger partial charge in [0, 0.05) is 12.6 Å². The Balaban J connectivity index is 1.95. The number of carbonyl (C=O) groups excluding carboxylic acids is 1. The second-order valence-electron chi connectivity index (χ2n) is 5.25. The average molecular weight is 344 g/mol. The van der Waals surface area contributed by atoms with Crippen molar-refractivity contribution in [3.63, 3.8) is 0 Å². The second-order valence-corrected chi connectivity index (χ2v) is 7.14. The maximum Gasteiger partial charge on any atom is 0.244 e. The topological polar surface area (TPSA) is 75.3 Å². The van der Waals surface area contributed by atoms with E-state index in [0.29, 0.717) is 6.54 Å². The van der Waals surface area contributed by atoms with E-state index in [1.807, 2.05) is 31.2 Å². The summed E-state index contributed by atoms with van der Waals surface area (Å²) in [7, 11) is -2.08. The predicted molar refractivity (Wildman–Crippen MR) is 94.7 cm³/mol. The van der Waals surface area contributed by atoms with E-state index in [1.165, 1.54) is 25.3 Å². The highest BCUT2D eigenvalue weighted by Gasteiger charge is 2.09. The van der Waals surface area contributed by atoms with Crippen LogP contribution in [0, 0.1) is 6.92 Å². The first-order chi connectivity index (χ1) is 11.4. The number of carbonyl (C=O) groups is 1. The van der Waals surface area contributed by atoms with Crippen molar-refractivity contribution in [3.05, 3.63) is 71.3 Å². The highest BCUT2D eigenvalue weighted by Crippen LogP contribution is 2.11. The Kier molecular flexibility index (Phi) is 5.89. The lowest BCUT2D eigenvalue weighted by molar-refractivity contribution is -0.116. The summed E-state index contributed by atoms with van der Waals surface area (Å²) < 4.78 is 25.5. The molecule has 0 fully saturated rings. The molecule has 0 saturated carbocycles. The van der Waals surface area contributed by atoms with Gasteiger partial charge in [0.05, 0.1) is 4.90 Å². The van der Waals surface area contributed by atoms with Gasteiger partial charge in [-0.05, 0) is 48.9 Å². The summed E-state index contributed by atoms with van der Waals surface area (Å²) in [6.07, 6.45) is 3.07. The van der Waals surface area contributed by atoms with E-state index >= 15 is 0 Å². The smallest absolute Gasteiger partial charge is 0.244 e. The normalized spacial score (nSPS) is 11.6. The zero-order chi connectivity index (χ0) is 17.6. The molecule has 0 aliphatic carbocycles. The van der Waals surface area contributed by atoms with Gasteiger partial charge in [0.15, 0.2) is 0 Å². The Bertz CT molecular complexity index is 841. The van der Waals surface area contributed by atoms with Crippen LogP contribution >= 0.6 is 0 Å². The van der Waals surface area contributed by atoms with Gasteiger partial charge in [0.2, 0.25) is 15.9 Å². The molecular formula is C18H20N2O3S. The van der Waals surface area contributed by atoms with Crippen LogP contribution in [0.4, 0.5) is 0 Å². The van der Waals surface area contributed by atoms with E-state index in [2.05, 4.69) is 10.0 Å². The van der Waals surface area contributed by atoms with Gasteiger partial charge in [-0.3, -0.25) is 4.79 Å². The van der Waals surface area contributed by atoms with Gasteiger partial charge in [-0.25, -0.2) is 13.1 Å². The summed E-state index contributed by atoms with van der Waals surface area (Å²) in [6.45, 7) is 2.47. The minimum atomic E-state index is -3.44. The summed E-state index contributed by atoms with van der Waals surface area (Å²) in [5.41, 5.74) is 2.94. The van der Waals surface area contributed by atoms with Crippen molar-refractivity contribution in [2.75, 3.05) is 7.05 Å². The lowest BCUT2D eigenvalue weighted by Gasteiger charge is -2.05. The third kappa shape index (κ3) is 4.78. The molecule has 0 radical (unpaired) electrons. The number of amides is 1. The average Bonchev–Trinajstić information content (AvgIpc) is 2.59. The molecule has 0 heterocycles. The molecule has 0 unspecified atom stereocenters. The lowest BCUT2D eigenvalue weighted by atomic mass is 10.1. The summed E-state index contributed by atoms with van der Waals surface area (Å²) in [5.74, 6) is -0.204. The number of nitrogens with one attached hydrogen (secondary N) is 2. The van der Waals surface area contributed by atoms with E-state index in [4.69, 9.17) is 0 Å². The lowest BCUT2D eigenvalue weighted by Crippen LogP contribution is -2.20. The van der Waals surface area contributed by atoms with Crippen LogP contribution in [0.25, 0.3) is 6.08 Å². The first-order valence-corrected chi connectivity index (χ1v) is 8.95. The maximum absolute atomic E-state index is 11.9. The van der Waals surface area contributed by atoms with Gasteiger partial charge in [0.1, 0.15) is 0 Å². The van der Waals surface area contributed by atoms with Crippen LogP contribution in [0.15, 0.2) is 59.5 Å². The Morgan fingerprint density at radius 1 is 1.08 bits per heavy atom. The van der Waals surface area contributed by atoms with Crippen molar-refractivity contribution in [1.82, 2.24) is 10.0 Å². The Morgan fingerprint density at radius 2 is 1.75 bits per heavy atom. The van der Waals surface area contributed by atoms with Crippen molar-refractivity contribution >= 4 is 22.0 Å². The molecule has 0 saturated heterocycles. The van der Waals surface area contributed by atoms with Crippen molar-refractivity contribution in [3.8, 4) is 0 Å². The van der Waals surface area contributed by atoms with Gasteiger partial charge in [-0.15, -0.1) is 0 Å². The first kappa shape index (κ1) is 17.9. The predicted octanol–water partition coefficient (Wildman–Crippen LogP) is 2.23. The Hall–Kier alpha value is -2.44. The molecule has 0 bridgehead atoms. The van der Waals surface area contributed by atoms with Crippen LogP contribution in [0.5, 0.6) is 0 Å². The van der Waals surface area contributed by atoms with E-state index in [0.717, 1.165) is 16.7 Å². The van der Waals surface area contributed by atoms with Crippen LogP contribution in [0.1, 0.15) is 16.7 Å². The molecule has 0 spiro atoms. The monoisotopic (exact) mass is 344 g/mol. The summed E-state index contributed by atoms with van der Waals surface area (Å²) in [5, 5.41) is 2.82. The molecule has 6 heteroatoms. The zero-order valence-electron chi connectivity index (χ0n) is 13.6.